The second-order valence-electron chi connectivity index (χ2n) is 10.9. The SMILES string of the molecule is C=C1CC[C@H](O)CC1=CC=C1CCC[C@@]2(C)C1CCC2[C@H](C)C=C[C@H](C)C(C)C. The highest BCUT2D eigenvalue weighted by Gasteiger charge is 2.50. The molecule has 3 rings (SSSR count). The Hall–Kier alpha value is -1.08. The first-order valence-electron chi connectivity index (χ1n) is 12.2. The van der Waals surface area contributed by atoms with Crippen molar-refractivity contribution in [3.8, 4) is 0 Å². The Balaban J connectivity index is 1.75. The van der Waals surface area contributed by atoms with Crippen LogP contribution < -0.4 is 0 Å². The van der Waals surface area contributed by atoms with Gasteiger partial charge in [-0.3, -0.25) is 0 Å². The minimum atomic E-state index is -0.182. The lowest BCUT2D eigenvalue weighted by molar-refractivity contribution is 0.112. The van der Waals surface area contributed by atoms with Crippen molar-refractivity contribution in [2.45, 2.75) is 92.1 Å². The third kappa shape index (κ3) is 4.98. The van der Waals surface area contributed by atoms with Gasteiger partial charge in [0, 0.05) is 0 Å². The maximum atomic E-state index is 10.0. The van der Waals surface area contributed by atoms with Crippen LogP contribution >= 0.6 is 0 Å². The summed E-state index contributed by atoms with van der Waals surface area (Å²) in [5.74, 6) is 3.58. The lowest BCUT2D eigenvalue weighted by Crippen LogP contribution is -2.35. The number of aliphatic hydroxyl groups is 1. The van der Waals surface area contributed by atoms with Crippen LogP contribution in [0.2, 0.25) is 0 Å². The summed E-state index contributed by atoms with van der Waals surface area (Å²) in [4.78, 5) is 0. The molecule has 0 amide bonds. The molecule has 0 aromatic heterocycles. The van der Waals surface area contributed by atoms with Crippen molar-refractivity contribution < 1.29 is 5.11 Å². The van der Waals surface area contributed by atoms with Gasteiger partial charge in [-0.1, -0.05) is 76.6 Å². The van der Waals surface area contributed by atoms with Crippen LogP contribution in [0.4, 0.5) is 0 Å². The van der Waals surface area contributed by atoms with Crippen LogP contribution in [0.25, 0.3) is 0 Å². The van der Waals surface area contributed by atoms with E-state index in [-0.39, 0.29) is 6.10 Å². The summed E-state index contributed by atoms with van der Waals surface area (Å²) in [6.07, 6.45) is 18.8. The highest BCUT2D eigenvalue weighted by Crippen LogP contribution is 2.59. The topological polar surface area (TPSA) is 20.2 Å². The van der Waals surface area contributed by atoms with Gasteiger partial charge in [0.2, 0.25) is 0 Å². The summed E-state index contributed by atoms with van der Waals surface area (Å²) >= 11 is 0. The van der Waals surface area contributed by atoms with Gasteiger partial charge < -0.3 is 5.11 Å². The molecule has 0 aromatic rings. The minimum Gasteiger partial charge on any atom is -0.393 e. The Morgan fingerprint density at radius 1 is 1.03 bits per heavy atom. The van der Waals surface area contributed by atoms with Crippen LogP contribution in [0.15, 0.2) is 47.6 Å². The van der Waals surface area contributed by atoms with E-state index in [0.29, 0.717) is 17.3 Å². The Labute approximate surface area is 180 Å². The van der Waals surface area contributed by atoms with Crippen molar-refractivity contribution in [3.05, 3.63) is 47.6 Å². The van der Waals surface area contributed by atoms with E-state index in [1.165, 1.54) is 43.3 Å². The predicted molar refractivity (Wildman–Crippen MR) is 126 cm³/mol. The molecule has 162 valence electrons. The largest absolute Gasteiger partial charge is 0.393 e. The molecule has 3 aliphatic carbocycles. The number of rotatable bonds is 5. The Morgan fingerprint density at radius 2 is 1.79 bits per heavy atom. The first kappa shape index (κ1) is 22.6. The van der Waals surface area contributed by atoms with Gasteiger partial charge in [-0.2, -0.15) is 0 Å². The van der Waals surface area contributed by atoms with E-state index in [4.69, 9.17) is 0 Å². The molecule has 0 spiro atoms. The Morgan fingerprint density at radius 3 is 2.52 bits per heavy atom. The van der Waals surface area contributed by atoms with Gasteiger partial charge in [0.25, 0.3) is 0 Å². The van der Waals surface area contributed by atoms with Gasteiger partial charge >= 0.3 is 0 Å². The van der Waals surface area contributed by atoms with Crippen LogP contribution in [-0.2, 0) is 0 Å². The van der Waals surface area contributed by atoms with E-state index in [1.54, 1.807) is 5.57 Å². The summed E-state index contributed by atoms with van der Waals surface area (Å²) in [6, 6.07) is 0. The number of hydrogen-bond donors (Lipinski definition) is 1. The van der Waals surface area contributed by atoms with Crippen molar-refractivity contribution in [2.24, 2.45) is 35.0 Å². The zero-order valence-corrected chi connectivity index (χ0v) is 19.6. The van der Waals surface area contributed by atoms with Crippen LogP contribution in [0.5, 0.6) is 0 Å². The molecule has 3 saturated carbocycles. The summed E-state index contributed by atoms with van der Waals surface area (Å²) < 4.78 is 0. The summed E-state index contributed by atoms with van der Waals surface area (Å²) in [6.45, 7) is 16.3. The Bertz CT molecular complexity index is 678. The minimum absolute atomic E-state index is 0.182. The standard InChI is InChI=1S/C28H44O/c1-19(2)20(3)9-10-22(5)26-15-16-27-23(8-7-17-28(26,27)6)12-13-24-18-25(29)14-11-21(24)4/h9-10,12-13,19-20,22,25-27,29H,4,7-8,11,14-18H2,1-3,5-6H3/t20-,22+,25-,26?,27?,28+/m0/s1. The zero-order valence-electron chi connectivity index (χ0n) is 19.6. The molecule has 6 atom stereocenters. The van der Waals surface area contributed by atoms with Crippen LogP contribution in [0, 0.1) is 35.0 Å². The van der Waals surface area contributed by atoms with E-state index in [1.807, 2.05) is 0 Å². The second kappa shape index (κ2) is 9.38. The predicted octanol–water partition coefficient (Wildman–Crippen LogP) is 7.64. The average molecular weight is 397 g/mol. The molecule has 3 fully saturated rings. The lowest BCUT2D eigenvalue weighted by Gasteiger charge is -2.44. The third-order valence-corrected chi connectivity index (χ3v) is 8.63. The summed E-state index contributed by atoms with van der Waals surface area (Å²) in [5, 5.41) is 10.0. The quantitative estimate of drug-likeness (QED) is 0.473. The van der Waals surface area contributed by atoms with Gasteiger partial charge in [0.1, 0.15) is 0 Å². The summed E-state index contributed by atoms with van der Waals surface area (Å²) in [7, 11) is 0. The number of hydrogen-bond acceptors (Lipinski definition) is 1. The number of fused-ring (bicyclic) bond motifs is 1. The lowest BCUT2D eigenvalue weighted by atomic mass is 9.61. The molecule has 0 aromatic carbocycles. The number of aliphatic hydroxyl groups excluding tert-OH is 1. The summed E-state index contributed by atoms with van der Waals surface area (Å²) in [5.41, 5.74) is 4.61. The fourth-order valence-electron chi connectivity index (χ4n) is 6.25. The van der Waals surface area contributed by atoms with Crippen molar-refractivity contribution in [1.82, 2.24) is 0 Å². The molecular weight excluding hydrogens is 352 g/mol. The van der Waals surface area contributed by atoms with Gasteiger partial charge in [-0.25, -0.2) is 0 Å². The van der Waals surface area contributed by atoms with Crippen LogP contribution in [0.3, 0.4) is 0 Å². The zero-order chi connectivity index (χ0) is 21.2. The Kier molecular flexibility index (Phi) is 7.31. The molecule has 0 aliphatic heterocycles. The third-order valence-electron chi connectivity index (χ3n) is 8.63. The highest BCUT2D eigenvalue weighted by molar-refractivity contribution is 5.36. The van der Waals surface area contributed by atoms with Crippen molar-refractivity contribution in [1.29, 1.82) is 0 Å². The van der Waals surface area contributed by atoms with E-state index in [9.17, 15) is 5.11 Å². The van der Waals surface area contributed by atoms with Gasteiger partial charge in [0.05, 0.1) is 6.10 Å². The normalized spacial score (nSPS) is 38.2. The van der Waals surface area contributed by atoms with Crippen LogP contribution in [0.1, 0.15) is 86.0 Å². The van der Waals surface area contributed by atoms with Crippen molar-refractivity contribution >= 4 is 0 Å². The van der Waals surface area contributed by atoms with E-state index < -0.39 is 0 Å². The number of allylic oxidation sites excluding steroid dienone is 6. The van der Waals surface area contributed by atoms with E-state index >= 15 is 0 Å². The highest BCUT2D eigenvalue weighted by atomic mass is 16.3. The molecule has 1 heteroatoms. The first-order chi connectivity index (χ1) is 13.7. The van der Waals surface area contributed by atoms with Gasteiger partial charge in [0.15, 0.2) is 0 Å². The maximum absolute atomic E-state index is 10.0. The molecule has 0 heterocycles. The van der Waals surface area contributed by atoms with Crippen molar-refractivity contribution in [2.75, 3.05) is 0 Å². The molecular formula is C28H44O. The van der Waals surface area contributed by atoms with Gasteiger partial charge in [-0.15, -0.1) is 0 Å². The fraction of sp³-hybridized carbons (Fsp3) is 0.714. The molecule has 1 nitrogen and oxygen atoms in total. The van der Waals surface area contributed by atoms with E-state index in [0.717, 1.165) is 37.0 Å². The maximum Gasteiger partial charge on any atom is 0.0583 e. The first-order valence-corrected chi connectivity index (χ1v) is 12.2. The molecule has 0 radical (unpaired) electrons. The molecule has 29 heavy (non-hydrogen) atoms. The average Bonchev–Trinajstić information content (AvgIpc) is 3.04. The molecule has 0 bridgehead atoms. The molecule has 1 N–H and O–H groups in total. The van der Waals surface area contributed by atoms with E-state index in [2.05, 4.69) is 65.5 Å². The van der Waals surface area contributed by atoms with Crippen LogP contribution in [-0.4, -0.2) is 11.2 Å². The second-order valence-corrected chi connectivity index (χ2v) is 10.9. The fourth-order valence-corrected chi connectivity index (χ4v) is 6.25. The molecule has 0 saturated heterocycles. The van der Waals surface area contributed by atoms with Gasteiger partial charge in [-0.05, 0) is 91.9 Å². The molecule has 2 unspecified atom stereocenters. The molecule has 3 aliphatic rings. The monoisotopic (exact) mass is 396 g/mol. The smallest absolute Gasteiger partial charge is 0.0583 e. The van der Waals surface area contributed by atoms with Crippen molar-refractivity contribution in [3.63, 3.8) is 0 Å².